The third kappa shape index (κ3) is 24.9. The maximum absolute atomic E-state index is 15.4. The molecule has 1 saturated heterocycles. The molecular formula is C109H123F2N13O23S2. The highest BCUT2D eigenvalue weighted by Gasteiger charge is 2.50. The van der Waals surface area contributed by atoms with Crippen molar-refractivity contribution in [3.05, 3.63) is 195 Å². The number of benzene rings is 4. The number of pyridine rings is 4. The highest BCUT2D eigenvalue weighted by molar-refractivity contribution is 8.00. The van der Waals surface area contributed by atoms with E-state index in [4.69, 9.17) is 19.4 Å². The Morgan fingerprint density at radius 1 is 0.503 bits per heavy atom. The number of carbonyl (C=O) groups is 17. The summed E-state index contributed by atoms with van der Waals surface area (Å²) in [5.41, 5.74) is 4.69. The summed E-state index contributed by atoms with van der Waals surface area (Å²) in [6, 6.07) is 20.9. The number of cyclic esters (lactones) is 2. The summed E-state index contributed by atoms with van der Waals surface area (Å²) in [7, 11) is 0. The van der Waals surface area contributed by atoms with Gasteiger partial charge in [-0.2, -0.15) is 12.6 Å². The average Bonchev–Trinajstić information content (AvgIpc) is 1.56. The topological polar surface area (TPSA) is 518 Å². The highest BCUT2D eigenvalue weighted by Crippen LogP contribution is 2.49. The van der Waals surface area contributed by atoms with Crippen molar-refractivity contribution in [2.75, 3.05) is 44.2 Å². The number of rotatable bonds is 45. The number of hydrogen-bond acceptors (Lipinski definition) is 27. The van der Waals surface area contributed by atoms with Crippen molar-refractivity contribution >= 4 is 146 Å². The molecule has 10 amide bonds. The summed E-state index contributed by atoms with van der Waals surface area (Å²) >= 11 is 5.21. The van der Waals surface area contributed by atoms with E-state index in [2.05, 4.69) is 55.2 Å². The van der Waals surface area contributed by atoms with Gasteiger partial charge in [-0.25, -0.2) is 28.3 Å². The molecule has 9 heterocycles. The molecule has 40 heteroatoms. The Morgan fingerprint density at radius 3 is 1.35 bits per heavy atom. The number of esters is 2. The monoisotopic (exact) mass is 2080 g/mol. The first-order chi connectivity index (χ1) is 71.4. The fourth-order valence-corrected chi connectivity index (χ4v) is 22.6. The van der Waals surface area contributed by atoms with Gasteiger partial charge in [0.25, 0.3) is 11.1 Å². The standard InChI is InChI=1S/C61H70FN7O13S.C48H53FN6O10S/c1-4-61(81)42-26-47-57-40(31-68(47)58(78)41(42)32-82-60(61)80)56-44(18-17-39-33(2)43(62)27-46(67-57)55(39)56)65-52(75)11-8-23-63-50(73)21-19-48(72)45(25-35-9-6-5-7-10-35)66-53(76)20-16-38(71)29-64-51(74)22-24-83-49-28-54(77)69(59(49)79)30-36-12-14-37(15-13-36)34(3)70;1-3-48(64)32-21-37-45-30(24-55(37)46(62)31(32)25-65-47(48)63)44-34(13-12-29-26(2)33(49)22-36(54-45)43(29)44)52-41(60)10-7-18-50-39(58)16-14-38(57)35(20-27-8-5-4-6-9-27)53-42(61)15-11-28(56)23-51-40(59)17-19-66/h5-7,9-10,26-27,36-37,44-45,49,81H,4,8,11-25,28-32H2,1-3H3,(H,63,73)(H,64,74)(H,65,75)(H,66,76);4-6,8-9,21-22,34-35,64,66H,3,7,10-20,23-25H2,1-2H3,(H,50,58)(H,51,59)(H,52,60)(H,53,61)/t36?,37?,44-,45-,49?,61-;34-,35-,48-/m00/s1. The highest BCUT2D eigenvalue weighted by atomic mass is 32.2. The molecule has 0 radical (unpaired) electrons. The van der Waals surface area contributed by atoms with Gasteiger partial charge in [0.1, 0.15) is 30.6 Å². The molecule has 8 aromatic rings. The van der Waals surface area contributed by atoms with E-state index in [9.17, 15) is 101 Å². The molecule has 8 aliphatic rings. The quantitative estimate of drug-likeness (QED) is 0.00742. The summed E-state index contributed by atoms with van der Waals surface area (Å²) in [5, 5.41) is 45.8. The summed E-state index contributed by atoms with van der Waals surface area (Å²) in [4.78, 5) is 257. The van der Waals surface area contributed by atoms with Gasteiger partial charge in [0.15, 0.2) is 34.3 Å². The van der Waals surface area contributed by atoms with Crippen molar-refractivity contribution < 1.29 is 110 Å². The minimum Gasteiger partial charge on any atom is -0.458 e. The van der Waals surface area contributed by atoms with Crippen LogP contribution in [0.15, 0.2) is 94.5 Å². The van der Waals surface area contributed by atoms with Crippen molar-refractivity contribution in [3.8, 4) is 22.8 Å². The number of aryl methyl sites for hydroxylation is 2. The van der Waals surface area contributed by atoms with Crippen LogP contribution >= 0.6 is 24.4 Å². The second-order valence-electron chi connectivity index (χ2n) is 39.5. The average molecular weight is 2090 g/mol. The second kappa shape index (κ2) is 48.3. The number of aromatic nitrogens is 4. The van der Waals surface area contributed by atoms with E-state index in [-0.39, 0.29) is 261 Å². The fraction of sp³-hybridized carbons (Fsp3) is 0.477. The molecule has 3 aliphatic carbocycles. The van der Waals surface area contributed by atoms with E-state index in [0.717, 1.165) is 53.5 Å². The molecule has 0 bridgehead atoms. The van der Waals surface area contributed by atoms with Gasteiger partial charge in [-0.15, -0.1) is 11.8 Å². The van der Waals surface area contributed by atoms with Crippen LogP contribution in [0.2, 0.25) is 0 Å². The van der Waals surface area contributed by atoms with Gasteiger partial charge in [-0.05, 0) is 179 Å². The summed E-state index contributed by atoms with van der Waals surface area (Å²) < 4.78 is 44.2. The van der Waals surface area contributed by atoms with Crippen molar-refractivity contribution in [2.45, 2.75) is 275 Å². The number of imide groups is 1. The summed E-state index contributed by atoms with van der Waals surface area (Å²) in [6.07, 6.45) is 4.46. The van der Waals surface area contributed by atoms with Crippen LogP contribution in [0.25, 0.3) is 44.6 Å². The number of fused-ring (bicyclic) bond motifs is 10. The number of ether oxygens (including phenoxy) is 2. The van der Waals surface area contributed by atoms with E-state index in [1.165, 1.54) is 37.9 Å². The largest absolute Gasteiger partial charge is 0.458 e. The molecule has 0 spiro atoms. The number of aliphatic hydroxyl groups is 2. The lowest BCUT2D eigenvalue weighted by molar-refractivity contribution is -0.172. The molecule has 1 saturated carbocycles. The predicted molar refractivity (Wildman–Crippen MR) is 545 cm³/mol. The zero-order valence-corrected chi connectivity index (χ0v) is 85.5. The number of carbonyl (C=O) groups excluding carboxylic acids is 17. The van der Waals surface area contributed by atoms with Crippen molar-refractivity contribution in [1.82, 2.24) is 66.5 Å². The van der Waals surface area contributed by atoms with Gasteiger partial charge in [0.05, 0.1) is 101 Å². The molecular weight excluding hydrogens is 1960 g/mol. The van der Waals surface area contributed by atoms with Crippen LogP contribution in [0.3, 0.4) is 0 Å². The van der Waals surface area contributed by atoms with Gasteiger partial charge in [-0.3, -0.25) is 86.4 Å². The molecule has 1 unspecified atom stereocenters. The molecule has 36 nitrogen and oxygen atoms in total. The number of nitrogens with one attached hydrogen (secondary N) is 8. The Kier molecular flexibility index (Phi) is 35.5. The number of halogens is 2. The van der Waals surface area contributed by atoms with Crippen LogP contribution in [0.1, 0.15) is 258 Å². The number of likely N-dealkylation sites (tertiary alicyclic amines) is 1. The molecule has 149 heavy (non-hydrogen) atoms. The van der Waals surface area contributed by atoms with Crippen LogP contribution in [0.4, 0.5) is 8.78 Å². The molecule has 4 aromatic carbocycles. The second-order valence-corrected chi connectivity index (χ2v) is 41.2. The van der Waals surface area contributed by atoms with Crippen molar-refractivity contribution in [3.63, 3.8) is 0 Å². The molecule has 4 aromatic heterocycles. The first-order valence-corrected chi connectivity index (χ1v) is 52.7. The van der Waals surface area contributed by atoms with E-state index in [0.29, 0.717) is 110 Å². The lowest BCUT2D eigenvalue weighted by Crippen LogP contribution is -2.44. The van der Waals surface area contributed by atoms with E-state index in [1.54, 1.807) is 83.1 Å². The van der Waals surface area contributed by atoms with Crippen LogP contribution in [-0.2, 0) is 154 Å². The van der Waals surface area contributed by atoms with Crippen molar-refractivity contribution in [1.29, 1.82) is 0 Å². The number of thioether (sulfide) groups is 1. The number of thiol groups is 1. The van der Waals surface area contributed by atoms with Crippen LogP contribution < -0.4 is 53.7 Å². The number of nitrogens with zero attached hydrogens (tertiary/aromatic N) is 5. The van der Waals surface area contributed by atoms with E-state index >= 15 is 8.78 Å². The fourth-order valence-electron chi connectivity index (χ4n) is 21.2. The molecule has 7 atom stereocenters. The van der Waals surface area contributed by atoms with Crippen LogP contribution in [0, 0.1) is 37.3 Å². The lowest BCUT2D eigenvalue weighted by Gasteiger charge is -2.31. The van der Waals surface area contributed by atoms with E-state index < -0.39 is 116 Å². The lowest BCUT2D eigenvalue weighted by atomic mass is 9.80. The Bertz CT molecular complexity index is 6850. The molecule has 10 N–H and O–H groups in total. The Hall–Kier alpha value is -13.7. The molecule has 5 aliphatic heterocycles. The third-order valence-electron chi connectivity index (χ3n) is 29.7. The Balaban J connectivity index is 0.000000229. The van der Waals surface area contributed by atoms with Gasteiger partial charge in [0.2, 0.25) is 59.1 Å². The molecule has 2 fully saturated rings. The normalized spacial score (nSPS) is 19.2. The number of hydrogen-bond donors (Lipinski definition) is 11. The summed E-state index contributed by atoms with van der Waals surface area (Å²) in [5.74, 6) is -6.91. The number of amides is 10. The van der Waals surface area contributed by atoms with Gasteiger partial charge >= 0.3 is 11.9 Å². The van der Waals surface area contributed by atoms with Gasteiger partial charge in [-0.1, -0.05) is 74.5 Å². The first-order valence-electron chi connectivity index (χ1n) is 51.0. The third-order valence-corrected chi connectivity index (χ3v) is 31.2. The summed E-state index contributed by atoms with van der Waals surface area (Å²) in [6.45, 7) is 7.89. The minimum atomic E-state index is -2.04. The van der Waals surface area contributed by atoms with Crippen LogP contribution in [0.5, 0.6) is 0 Å². The van der Waals surface area contributed by atoms with Gasteiger partial charge < -0.3 is 71.4 Å². The SMILES string of the molecule is CC[C@@]1(O)C(=O)OCc2c1cc1n(c2=O)Cc2c-1nc1cc(F)c(C)c3c1c2[C@@H](NC(=O)CCCNC(=O)CCC(=O)[C@H](Cc1ccccc1)NC(=O)CCC(=O)CNC(=O)CCS)CC3.CC[C@@]1(O)C(=O)OCc2c1cc1n(c2=O)Cc2c-1nc1cc(F)c(C)c3c1c2[C@@H](NC(=O)CCCNC(=O)CCC(=O)[C@H](Cc1ccccc1)NC(=O)CCC(=O)CNC(=O)CCSC1CC(=O)N(CC2CCC(C(C)=O)CC2)C1=O)CC3. The van der Waals surface area contributed by atoms with E-state index in [1.807, 2.05) is 24.3 Å². The maximum atomic E-state index is 15.4. The van der Waals surface area contributed by atoms with Crippen molar-refractivity contribution in [2.24, 2.45) is 11.8 Å². The first kappa shape index (κ1) is 109. The predicted octanol–water partition coefficient (Wildman–Crippen LogP) is 8.10. The number of ketones is 5. The molecule has 788 valence electrons. The number of Topliss-reactive ketones (excluding diaryl/α,β-unsaturated/α-hetero) is 5. The zero-order chi connectivity index (χ0) is 107. The minimum absolute atomic E-state index is 0.00639. The molecule has 16 rings (SSSR count). The van der Waals surface area contributed by atoms with Gasteiger partial charge in [0, 0.05) is 160 Å². The maximum Gasteiger partial charge on any atom is 0.343 e. The Labute approximate surface area is 866 Å². The zero-order valence-electron chi connectivity index (χ0n) is 83.8. The Morgan fingerprint density at radius 2 is 0.926 bits per heavy atom. The van der Waals surface area contributed by atoms with Crippen LogP contribution in [-0.4, -0.2) is 196 Å². The smallest absolute Gasteiger partial charge is 0.343 e.